The van der Waals surface area contributed by atoms with E-state index in [-0.39, 0.29) is 0 Å². The monoisotopic (exact) mass is 445 g/mol. The van der Waals surface area contributed by atoms with E-state index in [1.165, 1.54) is 39.0 Å². The number of nitrogens with zero attached hydrogens (tertiary/aromatic N) is 3. The SMILES string of the molecule is CC(C)OCCN(C)C.CCOC(C)C.CCOC1CN(C2CCN(C(C)C)CC2)C1. The van der Waals surface area contributed by atoms with Gasteiger partial charge in [-0.3, -0.25) is 4.90 Å². The van der Waals surface area contributed by atoms with Crippen LogP contribution in [0.1, 0.15) is 68.2 Å². The zero-order valence-corrected chi connectivity index (χ0v) is 22.5. The maximum Gasteiger partial charge on any atom is 0.0828 e. The number of rotatable bonds is 10. The lowest BCUT2D eigenvalue weighted by Gasteiger charge is -2.47. The maximum absolute atomic E-state index is 5.61. The fourth-order valence-corrected chi connectivity index (χ4v) is 3.68. The molecule has 0 unspecified atom stereocenters. The number of ether oxygens (including phenoxy) is 3. The molecular formula is C25H55N3O3. The summed E-state index contributed by atoms with van der Waals surface area (Å²) in [5, 5.41) is 0. The molecule has 0 aromatic heterocycles. The van der Waals surface area contributed by atoms with Gasteiger partial charge in [-0.1, -0.05) is 0 Å². The zero-order chi connectivity index (χ0) is 23.8. The Morgan fingerprint density at radius 1 is 0.839 bits per heavy atom. The Kier molecular flexibility index (Phi) is 18.1. The summed E-state index contributed by atoms with van der Waals surface area (Å²) in [7, 11) is 4.09. The first-order chi connectivity index (χ1) is 14.6. The normalized spacial score (nSPS) is 18.8. The van der Waals surface area contributed by atoms with Gasteiger partial charge in [0.1, 0.15) is 0 Å². The molecule has 0 bridgehead atoms. The molecule has 0 amide bonds. The van der Waals surface area contributed by atoms with Crippen molar-refractivity contribution < 1.29 is 14.2 Å². The van der Waals surface area contributed by atoms with Gasteiger partial charge in [-0.25, -0.2) is 0 Å². The molecule has 0 radical (unpaired) electrons. The summed E-state index contributed by atoms with van der Waals surface area (Å²) in [6.45, 7) is 25.3. The van der Waals surface area contributed by atoms with Crippen molar-refractivity contribution in [3.8, 4) is 0 Å². The summed E-state index contributed by atoms with van der Waals surface area (Å²) in [4.78, 5) is 7.32. The molecule has 0 spiro atoms. The highest BCUT2D eigenvalue weighted by molar-refractivity contribution is 4.89. The van der Waals surface area contributed by atoms with Gasteiger partial charge in [-0.2, -0.15) is 0 Å². The van der Waals surface area contributed by atoms with Crippen LogP contribution in [-0.4, -0.2) is 112 Å². The summed E-state index contributed by atoms with van der Waals surface area (Å²) < 4.78 is 16.0. The topological polar surface area (TPSA) is 37.4 Å². The molecule has 0 aromatic carbocycles. The molecule has 0 N–H and O–H groups in total. The van der Waals surface area contributed by atoms with Crippen LogP contribution in [0.15, 0.2) is 0 Å². The second kappa shape index (κ2) is 18.2. The third kappa shape index (κ3) is 16.1. The molecule has 0 aromatic rings. The van der Waals surface area contributed by atoms with Crippen molar-refractivity contribution in [2.75, 3.05) is 66.6 Å². The van der Waals surface area contributed by atoms with E-state index in [2.05, 4.69) is 49.3 Å². The van der Waals surface area contributed by atoms with Crippen molar-refractivity contribution in [3.63, 3.8) is 0 Å². The van der Waals surface area contributed by atoms with Crippen molar-refractivity contribution >= 4 is 0 Å². The van der Waals surface area contributed by atoms with Gasteiger partial charge in [0.2, 0.25) is 0 Å². The van der Waals surface area contributed by atoms with E-state index >= 15 is 0 Å². The quantitative estimate of drug-likeness (QED) is 0.506. The highest BCUT2D eigenvalue weighted by atomic mass is 16.5. The highest BCUT2D eigenvalue weighted by Gasteiger charge is 2.34. The number of hydrogen-bond acceptors (Lipinski definition) is 6. The molecule has 0 saturated carbocycles. The van der Waals surface area contributed by atoms with Crippen LogP contribution in [0.3, 0.4) is 0 Å². The van der Waals surface area contributed by atoms with Gasteiger partial charge >= 0.3 is 0 Å². The summed E-state index contributed by atoms with van der Waals surface area (Å²) in [6, 6.07) is 1.54. The molecule has 188 valence electrons. The van der Waals surface area contributed by atoms with Crippen LogP contribution in [0.2, 0.25) is 0 Å². The first-order valence-electron chi connectivity index (χ1n) is 12.6. The lowest BCUT2D eigenvalue weighted by Crippen LogP contribution is -2.59. The second-order valence-electron chi connectivity index (χ2n) is 9.62. The Morgan fingerprint density at radius 2 is 1.39 bits per heavy atom. The third-order valence-electron chi connectivity index (χ3n) is 5.51. The van der Waals surface area contributed by atoms with Crippen molar-refractivity contribution in [1.29, 1.82) is 0 Å². The maximum atomic E-state index is 5.61. The number of hydrogen-bond donors (Lipinski definition) is 0. The van der Waals surface area contributed by atoms with E-state index < -0.39 is 0 Å². The van der Waals surface area contributed by atoms with Gasteiger partial charge in [0, 0.05) is 44.9 Å². The van der Waals surface area contributed by atoms with E-state index in [9.17, 15) is 0 Å². The Labute approximate surface area is 194 Å². The predicted molar refractivity (Wildman–Crippen MR) is 133 cm³/mol. The molecular weight excluding hydrogens is 390 g/mol. The standard InChI is InChI=1S/C13H26N2O.C7H17NO.C5H12O/c1-4-16-13-9-15(10-13)12-5-7-14(8-6-12)11(2)3;1-7(2)9-6-5-8(3)4;1-4-6-5(2)3/h11-13H,4-10H2,1-3H3;7H,5-6H2,1-4H3;5H,4H2,1-3H3. The molecule has 2 aliphatic rings. The first-order valence-corrected chi connectivity index (χ1v) is 12.6. The average molecular weight is 446 g/mol. The number of piperidine rings is 1. The molecule has 2 rings (SSSR count). The van der Waals surface area contributed by atoms with Crippen molar-refractivity contribution in [2.24, 2.45) is 0 Å². The van der Waals surface area contributed by atoms with E-state index in [1.54, 1.807) is 0 Å². The third-order valence-corrected chi connectivity index (χ3v) is 5.51. The van der Waals surface area contributed by atoms with Gasteiger partial charge in [0.25, 0.3) is 0 Å². The molecule has 0 aliphatic carbocycles. The lowest BCUT2D eigenvalue weighted by atomic mass is 9.98. The Balaban J connectivity index is 0.000000509. The van der Waals surface area contributed by atoms with Crippen molar-refractivity contribution in [2.45, 2.75) is 98.6 Å². The summed E-state index contributed by atoms with van der Waals surface area (Å²) in [6.07, 6.45) is 3.97. The molecule has 31 heavy (non-hydrogen) atoms. The molecule has 2 fully saturated rings. The van der Waals surface area contributed by atoms with Crippen LogP contribution < -0.4 is 0 Å². The second-order valence-corrected chi connectivity index (χ2v) is 9.62. The smallest absolute Gasteiger partial charge is 0.0828 e. The van der Waals surface area contributed by atoms with Crippen LogP contribution in [0, 0.1) is 0 Å². The minimum absolute atomic E-state index is 0.366. The van der Waals surface area contributed by atoms with E-state index in [0.717, 1.165) is 32.4 Å². The Morgan fingerprint density at radius 3 is 1.74 bits per heavy atom. The predicted octanol–water partition coefficient (Wildman–Crippen LogP) is 3.98. The molecule has 6 nitrogen and oxygen atoms in total. The minimum atomic E-state index is 0.366. The summed E-state index contributed by atoms with van der Waals surface area (Å²) in [5.74, 6) is 0. The summed E-state index contributed by atoms with van der Waals surface area (Å²) in [5.41, 5.74) is 0. The van der Waals surface area contributed by atoms with E-state index in [1.807, 2.05) is 34.9 Å². The molecule has 2 saturated heterocycles. The van der Waals surface area contributed by atoms with Gasteiger partial charge in [-0.05, 0) is 95.4 Å². The van der Waals surface area contributed by atoms with Crippen molar-refractivity contribution in [1.82, 2.24) is 14.7 Å². The lowest BCUT2D eigenvalue weighted by molar-refractivity contribution is -0.0779. The fraction of sp³-hybridized carbons (Fsp3) is 1.00. The first kappa shape index (κ1) is 30.8. The van der Waals surface area contributed by atoms with Gasteiger partial charge in [-0.15, -0.1) is 0 Å². The highest BCUT2D eigenvalue weighted by Crippen LogP contribution is 2.23. The van der Waals surface area contributed by atoms with Crippen LogP contribution in [0.25, 0.3) is 0 Å². The van der Waals surface area contributed by atoms with Crippen molar-refractivity contribution in [3.05, 3.63) is 0 Å². The molecule has 6 heteroatoms. The molecule has 0 atom stereocenters. The molecule has 2 heterocycles. The zero-order valence-electron chi connectivity index (χ0n) is 22.5. The van der Waals surface area contributed by atoms with Gasteiger partial charge < -0.3 is 24.0 Å². The summed E-state index contributed by atoms with van der Waals surface area (Å²) >= 11 is 0. The van der Waals surface area contributed by atoms with Gasteiger partial charge in [0.15, 0.2) is 0 Å². The van der Waals surface area contributed by atoms with Crippen LogP contribution in [0.4, 0.5) is 0 Å². The van der Waals surface area contributed by atoms with Gasteiger partial charge in [0.05, 0.1) is 24.9 Å². The Bertz CT molecular complexity index is 383. The largest absolute Gasteiger partial charge is 0.379 e. The van der Waals surface area contributed by atoms with Crippen LogP contribution in [0.5, 0.6) is 0 Å². The number of likely N-dealkylation sites (tertiary alicyclic amines) is 2. The van der Waals surface area contributed by atoms with E-state index in [0.29, 0.717) is 24.4 Å². The van der Waals surface area contributed by atoms with E-state index in [4.69, 9.17) is 14.2 Å². The average Bonchev–Trinajstić information content (AvgIpc) is 2.65. The molecule has 2 aliphatic heterocycles. The van der Waals surface area contributed by atoms with Crippen LogP contribution >= 0.6 is 0 Å². The Hall–Kier alpha value is -0.240. The fourth-order valence-electron chi connectivity index (χ4n) is 3.68. The van der Waals surface area contributed by atoms with Crippen LogP contribution in [-0.2, 0) is 14.2 Å². The minimum Gasteiger partial charge on any atom is -0.379 e. The number of likely N-dealkylation sites (N-methyl/N-ethyl adjacent to an activating group) is 1.